The van der Waals surface area contributed by atoms with Gasteiger partial charge in [-0.1, -0.05) is 11.6 Å². The highest BCUT2D eigenvalue weighted by Gasteiger charge is 2.30. The first-order valence-electron chi connectivity index (χ1n) is 10.7. The second-order valence-corrected chi connectivity index (χ2v) is 8.94. The van der Waals surface area contributed by atoms with E-state index in [4.69, 9.17) is 16.6 Å². The summed E-state index contributed by atoms with van der Waals surface area (Å²) >= 11 is 5.97. The monoisotopic (exact) mass is 441 g/mol. The maximum atomic E-state index is 14.9. The van der Waals surface area contributed by atoms with Crippen molar-refractivity contribution in [1.82, 2.24) is 19.4 Å². The number of piperidine rings is 1. The smallest absolute Gasteiger partial charge is 0.263 e. The summed E-state index contributed by atoms with van der Waals surface area (Å²) in [4.78, 5) is 27.3. The van der Waals surface area contributed by atoms with E-state index in [0.717, 1.165) is 38.4 Å². The lowest BCUT2D eigenvalue weighted by Gasteiger charge is -2.44. The van der Waals surface area contributed by atoms with Crippen LogP contribution in [-0.4, -0.2) is 51.7 Å². The maximum Gasteiger partial charge on any atom is 0.263 e. The van der Waals surface area contributed by atoms with E-state index in [1.807, 2.05) is 6.07 Å². The minimum atomic E-state index is -0.502. The lowest BCUT2D eigenvalue weighted by molar-refractivity contribution is 0.106. The Hall–Kier alpha value is -2.51. The van der Waals surface area contributed by atoms with Gasteiger partial charge in [0.1, 0.15) is 17.5 Å². The van der Waals surface area contributed by atoms with Crippen molar-refractivity contribution in [3.63, 3.8) is 0 Å². The van der Waals surface area contributed by atoms with Crippen LogP contribution in [0.4, 0.5) is 10.2 Å². The van der Waals surface area contributed by atoms with Gasteiger partial charge in [-0.25, -0.2) is 14.4 Å². The van der Waals surface area contributed by atoms with E-state index < -0.39 is 5.82 Å². The van der Waals surface area contributed by atoms with E-state index >= 15 is 0 Å². The van der Waals surface area contributed by atoms with Crippen LogP contribution in [0.2, 0.25) is 5.02 Å². The van der Waals surface area contributed by atoms with Crippen molar-refractivity contribution >= 4 is 28.3 Å². The zero-order valence-electron chi connectivity index (χ0n) is 17.7. The normalized spacial score (nSPS) is 19.6. The minimum absolute atomic E-state index is 0.233. The second-order valence-electron chi connectivity index (χ2n) is 8.50. The minimum Gasteiger partial charge on any atom is -0.355 e. The fraction of sp³-hybridized carbons (Fsp3) is 0.435. The number of pyridine rings is 1. The Kier molecular flexibility index (Phi) is 5.18. The van der Waals surface area contributed by atoms with Gasteiger partial charge in [-0.3, -0.25) is 14.3 Å². The molecule has 2 fully saturated rings. The van der Waals surface area contributed by atoms with Gasteiger partial charge >= 0.3 is 0 Å². The van der Waals surface area contributed by atoms with Crippen LogP contribution in [0.1, 0.15) is 25.1 Å². The number of rotatable bonds is 3. The zero-order valence-corrected chi connectivity index (χ0v) is 18.5. The summed E-state index contributed by atoms with van der Waals surface area (Å²) in [5.41, 5.74) is 0.889. The molecule has 6 nitrogen and oxygen atoms in total. The molecule has 1 atom stereocenters. The van der Waals surface area contributed by atoms with E-state index in [-0.39, 0.29) is 11.1 Å². The lowest BCUT2D eigenvalue weighted by Crippen LogP contribution is -2.53. The van der Waals surface area contributed by atoms with Gasteiger partial charge in [0.05, 0.1) is 16.6 Å². The number of nitrogens with zero attached hydrogens (tertiary/aromatic N) is 5. The Balaban J connectivity index is 1.68. The third-order valence-corrected chi connectivity index (χ3v) is 6.82. The number of halogens is 2. The van der Waals surface area contributed by atoms with Crippen LogP contribution >= 0.6 is 11.6 Å². The number of fused-ring (bicyclic) bond motifs is 1. The molecule has 1 unspecified atom stereocenters. The van der Waals surface area contributed by atoms with E-state index in [2.05, 4.69) is 14.8 Å². The highest BCUT2D eigenvalue weighted by atomic mass is 35.5. The zero-order chi connectivity index (χ0) is 21.7. The number of aromatic nitrogens is 3. The third-order valence-electron chi connectivity index (χ3n) is 6.59. The highest BCUT2D eigenvalue weighted by Crippen LogP contribution is 2.32. The lowest BCUT2D eigenvalue weighted by atomic mass is 10.0. The van der Waals surface area contributed by atoms with Crippen molar-refractivity contribution in [2.75, 3.05) is 31.1 Å². The Morgan fingerprint density at radius 3 is 2.65 bits per heavy atom. The molecular formula is C23H25ClFN5O. The number of hydrogen-bond acceptors (Lipinski definition) is 5. The predicted molar refractivity (Wildman–Crippen MR) is 121 cm³/mol. The molecule has 5 rings (SSSR count). The molecule has 0 N–H and O–H groups in total. The summed E-state index contributed by atoms with van der Waals surface area (Å²) in [7, 11) is 1.67. The van der Waals surface area contributed by atoms with Gasteiger partial charge in [-0.15, -0.1) is 0 Å². The van der Waals surface area contributed by atoms with Crippen LogP contribution in [0.3, 0.4) is 0 Å². The molecule has 2 saturated heterocycles. The summed E-state index contributed by atoms with van der Waals surface area (Å²) in [6.45, 7) is 5.87. The molecule has 0 spiro atoms. The summed E-state index contributed by atoms with van der Waals surface area (Å²) in [5.74, 6) is 0.842. The molecule has 0 amide bonds. The molecular weight excluding hydrogens is 417 g/mol. The SMILES string of the molecule is Cc1nc2cc(N3CCCC(N4CCC4)C3)nc(-c3ccc(Cl)cc3F)c2c(=O)n1C. The van der Waals surface area contributed by atoms with E-state index in [1.54, 1.807) is 26.1 Å². The van der Waals surface area contributed by atoms with Gasteiger partial charge in [0.15, 0.2) is 0 Å². The summed E-state index contributed by atoms with van der Waals surface area (Å²) in [5, 5.41) is 0.631. The first-order valence-corrected chi connectivity index (χ1v) is 11.1. The fourth-order valence-electron chi connectivity index (χ4n) is 4.59. The highest BCUT2D eigenvalue weighted by molar-refractivity contribution is 6.30. The fourth-order valence-corrected chi connectivity index (χ4v) is 4.75. The summed E-state index contributed by atoms with van der Waals surface area (Å²) in [6, 6.07) is 6.84. The Morgan fingerprint density at radius 1 is 1.13 bits per heavy atom. The van der Waals surface area contributed by atoms with Gasteiger partial charge in [-0.2, -0.15) is 0 Å². The van der Waals surface area contributed by atoms with E-state index in [1.165, 1.54) is 23.5 Å². The first-order chi connectivity index (χ1) is 14.9. The van der Waals surface area contributed by atoms with Gasteiger partial charge in [0.2, 0.25) is 0 Å². The molecule has 31 heavy (non-hydrogen) atoms. The predicted octanol–water partition coefficient (Wildman–Crippen LogP) is 3.77. The van der Waals surface area contributed by atoms with Crippen molar-refractivity contribution < 1.29 is 4.39 Å². The Bertz CT molecular complexity index is 1220. The molecule has 0 radical (unpaired) electrons. The molecule has 162 valence electrons. The van der Waals surface area contributed by atoms with Crippen molar-refractivity contribution in [1.29, 1.82) is 0 Å². The van der Waals surface area contributed by atoms with Crippen LogP contribution in [0.15, 0.2) is 29.1 Å². The maximum absolute atomic E-state index is 14.9. The van der Waals surface area contributed by atoms with Gasteiger partial charge in [0, 0.05) is 42.8 Å². The number of anilines is 1. The van der Waals surface area contributed by atoms with E-state index in [9.17, 15) is 9.18 Å². The van der Waals surface area contributed by atoms with Crippen molar-refractivity contribution in [3.8, 4) is 11.3 Å². The van der Waals surface area contributed by atoms with Crippen molar-refractivity contribution in [3.05, 3.63) is 51.3 Å². The first kappa shape index (κ1) is 20.4. The molecule has 0 saturated carbocycles. The van der Waals surface area contributed by atoms with Crippen LogP contribution in [0, 0.1) is 12.7 Å². The molecule has 2 aliphatic heterocycles. The van der Waals surface area contributed by atoms with Gasteiger partial charge < -0.3 is 4.90 Å². The number of hydrogen-bond donors (Lipinski definition) is 0. The summed E-state index contributed by atoms with van der Waals surface area (Å²) in [6.07, 6.45) is 3.52. The summed E-state index contributed by atoms with van der Waals surface area (Å²) < 4.78 is 16.4. The van der Waals surface area contributed by atoms with Crippen LogP contribution < -0.4 is 10.5 Å². The van der Waals surface area contributed by atoms with Crippen molar-refractivity contribution in [2.45, 2.75) is 32.2 Å². The number of likely N-dealkylation sites (tertiary alicyclic amines) is 1. The average Bonchev–Trinajstić information content (AvgIpc) is 2.70. The largest absolute Gasteiger partial charge is 0.355 e. The Labute approximate surface area is 185 Å². The molecule has 4 heterocycles. The number of benzene rings is 1. The van der Waals surface area contributed by atoms with Crippen molar-refractivity contribution in [2.24, 2.45) is 7.05 Å². The third kappa shape index (κ3) is 3.59. The Morgan fingerprint density at radius 2 is 1.94 bits per heavy atom. The van der Waals surface area contributed by atoms with E-state index in [0.29, 0.717) is 33.5 Å². The quantitative estimate of drug-likeness (QED) is 0.619. The standard InChI is InChI=1S/C23H25ClFN5O/c1-14-26-19-12-20(30-8-3-5-16(13-30)29-9-4-10-29)27-22(21(19)23(31)28(14)2)17-7-6-15(24)11-18(17)25/h6-7,11-12,16H,3-5,8-10,13H2,1-2H3. The topological polar surface area (TPSA) is 54.3 Å². The van der Waals surface area contributed by atoms with Crippen LogP contribution in [0.25, 0.3) is 22.2 Å². The molecule has 0 bridgehead atoms. The van der Waals surface area contributed by atoms with Gasteiger partial charge in [-0.05, 0) is 57.5 Å². The second kappa shape index (κ2) is 7.88. The average molecular weight is 442 g/mol. The molecule has 2 aliphatic rings. The molecule has 8 heteroatoms. The van der Waals surface area contributed by atoms with Crippen LogP contribution in [0.5, 0.6) is 0 Å². The van der Waals surface area contributed by atoms with Gasteiger partial charge in [0.25, 0.3) is 5.56 Å². The molecule has 3 aromatic rings. The molecule has 2 aromatic heterocycles. The number of aryl methyl sites for hydroxylation is 1. The van der Waals surface area contributed by atoms with Crippen LogP contribution in [-0.2, 0) is 7.05 Å². The molecule has 0 aliphatic carbocycles. The molecule has 1 aromatic carbocycles.